The Bertz CT molecular complexity index is 350. The lowest BCUT2D eigenvalue weighted by molar-refractivity contribution is 0.164. The van der Waals surface area contributed by atoms with Crippen LogP contribution < -0.4 is 5.32 Å². The number of ether oxygens (including phenoxy) is 1. The van der Waals surface area contributed by atoms with Crippen molar-refractivity contribution in [1.29, 1.82) is 0 Å². The predicted molar refractivity (Wildman–Crippen MR) is 82.6 cm³/mol. The number of rotatable bonds is 9. The third-order valence-corrected chi connectivity index (χ3v) is 3.33. The van der Waals surface area contributed by atoms with Crippen LogP contribution >= 0.6 is 0 Å². The molecule has 0 aliphatic heterocycles. The van der Waals surface area contributed by atoms with Crippen molar-refractivity contribution in [3.05, 3.63) is 29.8 Å². The molecule has 108 valence electrons. The van der Waals surface area contributed by atoms with Crippen molar-refractivity contribution in [3.8, 4) is 0 Å². The first-order valence-electron chi connectivity index (χ1n) is 7.23. The van der Waals surface area contributed by atoms with E-state index in [-0.39, 0.29) is 0 Å². The minimum absolute atomic E-state index is 0.524. The van der Waals surface area contributed by atoms with E-state index in [1.54, 1.807) is 7.11 Å². The second-order valence-electron chi connectivity index (χ2n) is 5.10. The zero-order valence-electron chi connectivity index (χ0n) is 12.8. The van der Waals surface area contributed by atoms with E-state index in [2.05, 4.69) is 55.3 Å². The van der Waals surface area contributed by atoms with Crippen LogP contribution in [-0.4, -0.2) is 38.3 Å². The number of anilines is 1. The summed E-state index contributed by atoms with van der Waals surface area (Å²) in [5.74, 6) is 0.524. The Morgan fingerprint density at radius 1 is 1.26 bits per heavy atom. The zero-order valence-corrected chi connectivity index (χ0v) is 12.8. The van der Waals surface area contributed by atoms with Crippen molar-refractivity contribution in [2.75, 3.05) is 38.7 Å². The quantitative estimate of drug-likeness (QED) is 0.741. The van der Waals surface area contributed by atoms with Crippen LogP contribution in [0.1, 0.15) is 26.3 Å². The number of benzene rings is 1. The molecule has 0 heterocycles. The lowest BCUT2D eigenvalue weighted by Crippen LogP contribution is -2.22. The van der Waals surface area contributed by atoms with E-state index in [1.165, 1.54) is 11.3 Å². The molecule has 0 spiro atoms. The van der Waals surface area contributed by atoms with Crippen LogP contribution in [0.2, 0.25) is 0 Å². The summed E-state index contributed by atoms with van der Waals surface area (Å²) in [4.78, 5) is 2.42. The first-order chi connectivity index (χ1) is 9.19. The van der Waals surface area contributed by atoms with Gasteiger partial charge in [-0.15, -0.1) is 0 Å². The van der Waals surface area contributed by atoms with Crippen molar-refractivity contribution in [2.24, 2.45) is 5.92 Å². The summed E-state index contributed by atoms with van der Waals surface area (Å²) < 4.78 is 5.15. The topological polar surface area (TPSA) is 24.5 Å². The minimum Gasteiger partial charge on any atom is -0.385 e. The third kappa shape index (κ3) is 6.08. The van der Waals surface area contributed by atoms with Crippen LogP contribution in [0.5, 0.6) is 0 Å². The van der Waals surface area contributed by atoms with Crippen LogP contribution in [0.3, 0.4) is 0 Å². The molecule has 3 heteroatoms. The van der Waals surface area contributed by atoms with E-state index in [4.69, 9.17) is 4.74 Å². The Balaban J connectivity index is 2.51. The van der Waals surface area contributed by atoms with Crippen LogP contribution in [0.4, 0.5) is 5.69 Å². The lowest BCUT2D eigenvalue weighted by Gasteiger charge is -2.19. The molecule has 0 saturated heterocycles. The molecule has 19 heavy (non-hydrogen) atoms. The summed E-state index contributed by atoms with van der Waals surface area (Å²) >= 11 is 0. The summed E-state index contributed by atoms with van der Waals surface area (Å²) in [6.45, 7) is 11.6. The average Bonchev–Trinajstić information content (AvgIpc) is 2.43. The van der Waals surface area contributed by atoms with Gasteiger partial charge in [-0.25, -0.2) is 0 Å². The second-order valence-corrected chi connectivity index (χ2v) is 5.10. The van der Waals surface area contributed by atoms with Crippen LogP contribution in [0.15, 0.2) is 24.3 Å². The standard InChI is InChI=1S/C16H28N2O/c1-5-18(6-2)12-15-8-7-9-16(10-15)17-11-14(3)13-19-4/h7-10,14,17H,5-6,11-13H2,1-4H3. The fourth-order valence-electron chi connectivity index (χ4n) is 2.12. The van der Waals surface area contributed by atoms with E-state index < -0.39 is 0 Å². The summed E-state index contributed by atoms with van der Waals surface area (Å²) in [7, 11) is 1.75. The van der Waals surface area contributed by atoms with E-state index in [1.807, 2.05) is 0 Å². The number of methoxy groups -OCH3 is 1. The van der Waals surface area contributed by atoms with Gasteiger partial charge in [-0.2, -0.15) is 0 Å². The molecule has 1 aromatic rings. The van der Waals surface area contributed by atoms with Crippen molar-refractivity contribution in [1.82, 2.24) is 4.90 Å². The maximum Gasteiger partial charge on any atom is 0.0504 e. The van der Waals surface area contributed by atoms with Gasteiger partial charge < -0.3 is 10.1 Å². The van der Waals surface area contributed by atoms with Gasteiger partial charge in [-0.05, 0) is 36.7 Å². The van der Waals surface area contributed by atoms with Gasteiger partial charge in [0.15, 0.2) is 0 Å². The molecule has 3 nitrogen and oxygen atoms in total. The van der Waals surface area contributed by atoms with Gasteiger partial charge in [0.25, 0.3) is 0 Å². The smallest absolute Gasteiger partial charge is 0.0504 e. The Kier molecular flexibility index (Phi) is 7.53. The van der Waals surface area contributed by atoms with E-state index in [0.29, 0.717) is 5.92 Å². The summed E-state index contributed by atoms with van der Waals surface area (Å²) in [6.07, 6.45) is 0. The third-order valence-electron chi connectivity index (χ3n) is 3.33. The molecule has 0 aliphatic rings. The largest absolute Gasteiger partial charge is 0.385 e. The number of hydrogen-bond donors (Lipinski definition) is 1. The molecule has 1 atom stereocenters. The maximum absolute atomic E-state index is 5.15. The fraction of sp³-hybridized carbons (Fsp3) is 0.625. The first-order valence-corrected chi connectivity index (χ1v) is 7.23. The molecule has 1 N–H and O–H groups in total. The van der Waals surface area contributed by atoms with Crippen LogP contribution in [0, 0.1) is 5.92 Å². The summed E-state index contributed by atoms with van der Waals surface area (Å²) in [6, 6.07) is 8.70. The number of hydrogen-bond acceptors (Lipinski definition) is 3. The van der Waals surface area contributed by atoms with Gasteiger partial charge in [-0.3, -0.25) is 4.90 Å². The molecular formula is C16H28N2O. The highest BCUT2D eigenvalue weighted by molar-refractivity contribution is 5.45. The lowest BCUT2D eigenvalue weighted by atomic mass is 10.1. The zero-order chi connectivity index (χ0) is 14.1. The average molecular weight is 264 g/mol. The highest BCUT2D eigenvalue weighted by Gasteiger charge is 2.04. The second kappa shape index (κ2) is 8.94. The first kappa shape index (κ1) is 16.0. The summed E-state index contributed by atoms with van der Waals surface area (Å²) in [5.41, 5.74) is 2.57. The number of nitrogens with one attached hydrogen (secondary N) is 1. The van der Waals surface area contributed by atoms with E-state index in [9.17, 15) is 0 Å². The van der Waals surface area contributed by atoms with Gasteiger partial charge in [0.2, 0.25) is 0 Å². The highest BCUT2D eigenvalue weighted by Crippen LogP contribution is 2.13. The van der Waals surface area contributed by atoms with Crippen molar-refractivity contribution in [3.63, 3.8) is 0 Å². The molecule has 0 radical (unpaired) electrons. The Morgan fingerprint density at radius 3 is 2.63 bits per heavy atom. The van der Waals surface area contributed by atoms with Crippen LogP contribution in [-0.2, 0) is 11.3 Å². The number of nitrogens with zero attached hydrogens (tertiary/aromatic N) is 1. The van der Waals surface area contributed by atoms with Gasteiger partial charge in [0.05, 0.1) is 6.61 Å². The molecule has 0 saturated carbocycles. The maximum atomic E-state index is 5.15. The molecule has 1 rings (SSSR count). The van der Waals surface area contributed by atoms with Crippen molar-refractivity contribution < 1.29 is 4.74 Å². The monoisotopic (exact) mass is 264 g/mol. The molecule has 0 fully saturated rings. The molecule has 0 aliphatic carbocycles. The molecule has 0 bridgehead atoms. The molecule has 1 aromatic carbocycles. The summed E-state index contributed by atoms with van der Waals surface area (Å²) in [5, 5.41) is 3.48. The van der Waals surface area contributed by atoms with Gasteiger partial charge in [0, 0.05) is 25.9 Å². The van der Waals surface area contributed by atoms with Crippen molar-refractivity contribution in [2.45, 2.75) is 27.3 Å². The minimum atomic E-state index is 0.524. The van der Waals surface area contributed by atoms with Gasteiger partial charge in [0.1, 0.15) is 0 Å². The molecule has 0 aromatic heterocycles. The normalized spacial score (nSPS) is 12.7. The molecular weight excluding hydrogens is 236 g/mol. The van der Waals surface area contributed by atoms with Gasteiger partial charge in [-0.1, -0.05) is 32.9 Å². The molecule has 0 amide bonds. The van der Waals surface area contributed by atoms with E-state index >= 15 is 0 Å². The Morgan fingerprint density at radius 2 is 2.00 bits per heavy atom. The van der Waals surface area contributed by atoms with E-state index in [0.717, 1.165) is 32.8 Å². The Labute approximate surface area is 118 Å². The van der Waals surface area contributed by atoms with Gasteiger partial charge >= 0.3 is 0 Å². The van der Waals surface area contributed by atoms with Crippen molar-refractivity contribution >= 4 is 5.69 Å². The molecule has 1 unspecified atom stereocenters. The Hall–Kier alpha value is -1.06. The predicted octanol–water partition coefficient (Wildman–Crippen LogP) is 3.22. The van der Waals surface area contributed by atoms with Crippen LogP contribution in [0.25, 0.3) is 0 Å². The highest BCUT2D eigenvalue weighted by atomic mass is 16.5. The SMILES string of the molecule is CCN(CC)Cc1cccc(NCC(C)COC)c1. The fourth-order valence-corrected chi connectivity index (χ4v) is 2.12.